The molecule has 2 amide bonds. The summed E-state index contributed by atoms with van der Waals surface area (Å²) >= 11 is 0. The molecule has 0 bridgehead atoms. The first-order valence-electron chi connectivity index (χ1n) is 9.09. The van der Waals surface area contributed by atoms with Gasteiger partial charge in [-0.25, -0.2) is 0 Å². The molecule has 26 heavy (non-hydrogen) atoms. The minimum atomic E-state index is -0.241. The van der Waals surface area contributed by atoms with Crippen LogP contribution in [0.15, 0.2) is 30.5 Å². The van der Waals surface area contributed by atoms with Gasteiger partial charge in [0.05, 0.1) is 24.1 Å². The van der Waals surface area contributed by atoms with E-state index in [-0.39, 0.29) is 17.9 Å². The standard InChI is InChI=1S/C19H23N5O2/c1-13(2)24-18-16(11-20-24)23(17(25)12-22-9-5-6-10-22)15-8-4-3-7-14(15)21-19(18)26/h3-4,7-8,11,13H,5-6,9-10,12H2,1-2H3,(H,21,26). The molecule has 2 aliphatic heterocycles. The Morgan fingerprint density at radius 2 is 1.92 bits per heavy atom. The second-order valence-corrected chi connectivity index (χ2v) is 7.10. The maximum Gasteiger partial charge on any atom is 0.276 e. The smallest absolute Gasteiger partial charge is 0.276 e. The second kappa shape index (κ2) is 6.57. The lowest BCUT2D eigenvalue weighted by Crippen LogP contribution is -2.37. The van der Waals surface area contributed by atoms with Gasteiger partial charge in [0.1, 0.15) is 5.69 Å². The first-order chi connectivity index (χ1) is 12.6. The number of benzene rings is 1. The molecule has 136 valence electrons. The van der Waals surface area contributed by atoms with Crippen LogP contribution < -0.4 is 10.2 Å². The molecule has 1 saturated heterocycles. The lowest BCUT2D eigenvalue weighted by Gasteiger charge is -2.25. The lowest BCUT2D eigenvalue weighted by atomic mass is 10.2. The lowest BCUT2D eigenvalue weighted by molar-refractivity contribution is -0.118. The number of amides is 2. The monoisotopic (exact) mass is 353 g/mol. The maximum absolute atomic E-state index is 13.2. The van der Waals surface area contributed by atoms with Crippen molar-refractivity contribution in [1.29, 1.82) is 0 Å². The highest BCUT2D eigenvalue weighted by molar-refractivity contribution is 6.17. The largest absolute Gasteiger partial charge is 0.319 e. The number of nitrogens with one attached hydrogen (secondary N) is 1. The highest BCUT2D eigenvalue weighted by Gasteiger charge is 2.34. The zero-order valence-electron chi connectivity index (χ0n) is 15.1. The summed E-state index contributed by atoms with van der Waals surface area (Å²) in [4.78, 5) is 29.9. The Labute approximate surface area is 152 Å². The fourth-order valence-corrected chi connectivity index (χ4v) is 3.69. The number of hydrogen-bond acceptors (Lipinski definition) is 4. The van der Waals surface area contributed by atoms with Crippen molar-refractivity contribution in [1.82, 2.24) is 14.7 Å². The first kappa shape index (κ1) is 16.8. The summed E-state index contributed by atoms with van der Waals surface area (Å²) in [5.41, 5.74) is 2.29. The molecule has 2 aliphatic rings. The van der Waals surface area contributed by atoms with E-state index < -0.39 is 0 Å². The van der Waals surface area contributed by atoms with Crippen molar-refractivity contribution < 1.29 is 9.59 Å². The number of rotatable bonds is 3. The van der Waals surface area contributed by atoms with Crippen LogP contribution in [0.3, 0.4) is 0 Å². The number of aromatic nitrogens is 2. The Kier molecular flexibility index (Phi) is 4.24. The van der Waals surface area contributed by atoms with E-state index in [0.717, 1.165) is 25.9 Å². The van der Waals surface area contributed by atoms with Gasteiger partial charge in [0.25, 0.3) is 5.91 Å². The number of para-hydroxylation sites is 2. The van der Waals surface area contributed by atoms with E-state index in [2.05, 4.69) is 15.3 Å². The van der Waals surface area contributed by atoms with Crippen LogP contribution in [-0.4, -0.2) is 46.1 Å². The normalized spacial score (nSPS) is 17.0. The molecule has 1 aromatic heterocycles. The van der Waals surface area contributed by atoms with E-state index in [0.29, 0.717) is 29.3 Å². The molecule has 0 saturated carbocycles. The van der Waals surface area contributed by atoms with Crippen molar-refractivity contribution in [3.63, 3.8) is 0 Å². The van der Waals surface area contributed by atoms with Gasteiger partial charge in [-0.3, -0.25) is 24.1 Å². The Bertz CT molecular complexity index is 851. The van der Waals surface area contributed by atoms with E-state index >= 15 is 0 Å². The van der Waals surface area contributed by atoms with Crippen LogP contribution in [0.1, 0.15) is 43.2 Å². The zero-order valence-corrected chi connectivity index (χ0v) is 15.1. The van der Waals surface area contributed by atoms with Crippen molar-refractivity contribution in [3.8, 4) is 0 Å². The van der Waals surface area contributed by atoms with Crippen LogP contribution >= 0.6 is 0 Å². The summed E-state index contributed by atoms with van der Waals surface area (Å²) < 4.78 is 1.67. The molecule has 7 heteroatoms. The van der Waals surface area contributed by atoms with Crippen LogP contribution in [0.5, 0.6) is 0 Å². The number of likely N-dealkylation sites (tertiary alicyclic amines) is 1. The summed E-state index contributed by atoms with van der Waals surface area (Å²) in [5, 5.41) is 7.31. The fraction of sp³-hybridized carbons (Fsp3) is 0.421. The summed E-state index contributed by atoms with van der Waals surface area (Å²) in [7, 11) is 0. The van der Waals surface area contributed by atoms with E-state index in [1.807, 2.05) is 38.1 Å². The van der Waals surface area contributed by atoms with Crippen LogP contribution in [0.25, 0.3) is 0 Å². The molecule has 2 aromatic rings. The minimum absolute atomic E-state index is 0.0150. The third-order valence-electron chi connectivity index (χ3n) is 4.92. The molecule has 1 fully saturated rings. The van der Waals surface area contributed by atoms with Gasteiger partial charge in [0.15, 0.2) is 5.69 Å². The Balaban J connectivity index is 1.82. The molecular weight excluding hydrogens is 330 g/mol. The van der Waals surface area contributed by atoms with Crippen molar-refractivity contribution in [2.24, 2.45) is 0 Å². The maximum atomic E-state index is 13.2. The van der Waals surface area contributed by atoms with Crippen LogP contribution in [0.4, 0.5) is 17.1 Å². The van der Waals surface area contributed by atoms with Gasteiger partial charge in [-0.05, 0) is 51.9 Å². The fourth-order valence-electron chi connectivity index (χ4n) is 3.69. The van der Waals surface area contributed by atoms with Crippen LogP contribution in [0.2, 0.25) is 0 Å². The number of fused-ring (bicyclic) bond motifs is 2. The van der Waals surface area contributed by atoms with Gasteiger partial charge in [-0.15, -0.1) is 0 Å². The zero-order chi connectivity index (χ0) is 18.3. The number of carbonyl (C=O) groups excluding carboxylic acids is 2. The minimum Gasteiger partial charge on any atom is -0.319 e. The van der Waals surface area contributed by atoms with E-state index in [9.17, 15) is 9.59 Å². The van der Waals surface area contributed by atoms with Crippen LogP contribution in [0, 0.1) is 0 Å². The number of hydrogen-bond donors (Lipinski definition) is 1. The van der Waals surface area contributed by atoms with Gasteiger partial charge in [-0.2, -0.15) is 5.10 Å². The van der Waals surface area contributed by atoms with E-state index in [4.69, 9.17) is 0 Å². The Hall–Kier alpha value is -2.67. The third kappa shape index (κ3) is 2.78. The highest BCUT2D eigenvalue weighted by atomic mass is 16.2. The van der Waals surface area contributed by atoms with Crippen LogP contribution in [-0.2, 0) is 4.79 Å². The molecule has 1 N–H and O–H groups in total. The molecular formula is C19H23N5O2. The number of nitrogens with zero attached hydrogens (tertiary/aromatic N) is 4. The van der Waals surface area contributed by atoms with Gasteiger partial charge < -0.3 is 5.32 Å². The summed E-state index contributed by atoms with van der Waals surface area (Å²) in [5.74, 6) is -0.282. The van der Waals surface area contributed by atoms with Crippen molar-refractivity contribution in [2.45, 2.75) is 32.7 Å². The SMILES string of the molecule is CC(C)n1ncc2c1C(=O)Nc1ccccc1N2C(=O)CN1CCCC1. The first-order valence-corrected chi connectivity index (χ1v) is 9.09. The predicted molar refractivity (Wildman–Crippen MR) is 99.8 cm³/mol. The highest BCUT2D eigenvalue weighted by Crippen LogP contribution is 2.38. The number of carbonyl (C=O) groups is 2. The molecule has 7 nitrogen and oxygen atoms in total. The molecule has 0 atom stereocenters. The summed E-state index contributed by atoms with van der Waals surface area (Å²) in [6.07, 6.45) is 3.87. The molecule has 0 radical (unpaired) electrons. The Morgan fingerprint density at radius 1 is 1.19 bits per heavy atom. The summed E-state index contributed by atoms with van der Waals surface area (Å²) in [6, 6.07) is 7.43. The van der Waals surface area contributed by atoms with Gasteiger partial charge in [0, 0.05) is 6.04 Å². The molecule has 3 heterocycles. The molecule has 1 aromatic carbocycles. The topological polar surface area (TPSA) is 70.5 Å². The Morgan fingerprint density at radius 3 is 2.65 bits per heavy atom. The van der Waals surface area contributed by atoms with Crippen molar-refractivity contribution >= 4 is 28.9 Å². The summed E-state index contributed by atoms with van der Waals surface area (Å²) in [6.45, 7) is 6.16. The molecule has 4 rings (SSSR count). The third-order valence-corrected chi connectivity index (χ3v) is 4.92. The molecule has 0 unspecified atom stereocenters. The van der Waals surface area contributed by atoms with Crippen molar-refractivity contribution in [2.75, 3.05) is 29.9 Å². The van der Waals surface area contributed by atoms with E-state index in [1.54, 1.807) is 15.8 Å². The average Bonchev–Trinajstić information content (AvgIpc) is 3.24. The molecule has 0 spiro atoms. The number of anilines is 3. The van der Waals surface area contributed by atoms with Gasteiger partial charge in [0.2, 0.25) is 5.91 Å². The predicted octanol–water partition coefficient (Wildman–Crippen LogP) is 2.79. The quantitative estimate of drug-likeness (QED) is 0.921. The van der Waals surface area contributed by atoms with Gasteiger partial charge >= 0.3 is 0 Å². The average molecular weight is 353 g/mol. The van der Waals surface area contributed by atoms with Crippen molar-refractivity contribution in [3.05, 3.63) is 36.2 Å². The van der Waals surface area contributed by atoms with E-state index in [1.165, 1.54) is 0 Å². The van der Waals surface area contributed by atoms with Gasteiger partial charge in [-0.1, -0.05) is 12.1 Å². The molecule has 0 aliphatic carbocycles. The second-order valence-electron chi connectivity index (χ2n) is 7.10.